The van der Waals surface area contributed by atoms with Crippen molar-refractivity contribution in [2.75, 3.05) is 0 Å². The lowest BCUT2D eigenvalue weighted by Gasteiger charge is -1.87. The normalized spacial score (nSPS) is 8.80. The molecule has 0 atom stereocenters. The van der Waals surface area contributed by atoms with Crippen molar-refractivity contribution in [3.63, 3.8) is 0 Å². The third-order valence-electron chi connectivity index (χ3n) is 0.889. The topological polar surface area (TPSA) is 72.1 Å². The number of carbonyl (C=O) groups is 2. The Hall–Kier alpha value is -1.65. The number of nitrogens with zero attached hydrogens (tertiary/aromatic N) is 1. The quantitative estimate of drug-likeness (QED) is 0.348. The van der Waals surface area contributed by atoms with E-state index in [-0.39, 0.29) is 12.0 Å². The maximum atomic E-state index is 10.6. The first-order chi connectivity index (χ1) is 4.84. The molecule has 0 bridgehead atoms. The van der Waals surface area contributed by atoms with E-state index in [4.69, 9.17) is 0 Å². The number of hydrogen-bond donors (Lipinski definition) is 1. The molecule has 1 heterocycles. The van der Waals surface area contributed by atoms with Crippen LogP contribution in [0.4, 0.5) is 0 Å². The van der Waals surface area contributed by atoms with Gasteiger partial charge in [0.2, 0.25) is 0 Å². The number of aromatic nitrogens is 2. The standard InChI is InChI=1S/C5H4N2O3/c8-3-10-5(9)4-1-6-7-2-4/h1-3H,(H,6,7). The summed E-state index contributed by atoms with van der Waals surface area (Å²) in [4.78, 5) is 20.2. The van der Waals surface area contributed by atoms with E-state index in [0.29, 0.717) is 0 Å². The van der Waals surface area contributed by atoms with E-state index in [1.807, 2.05) is 0 Å². The average Bonchev–Trinajstić information content (AvgIpc) is 2.38. The van der Waals surface area contributed by atoms with Gasteiger partial charge in [-0.25, -0.2) is 4.79 Å². The van der Waals surface area contributed by atoms with Gasteiger partial charge in [0.1, 0.15) is 0 Å². The van der Waals surface area contributed by atoms with Gasteiger partial charge in [0.25, 0.3) is 0 Å². The van der Waals surface area contributed by atoms with Gasteiger partial charge in [-0.2, -0.15) is 5.10 Å². The molecule has 0 aliphatic carbocycles. The van der Waals surface area contributed by atoms with Crippen LogP contribution >= 0.6 is 0 Å². The van der Waals surface area contributed by atoms with E-state index in [2.05, 4.69) is 14.9 Å². The van der Waals surface area contributed by atoms with E-state index in [9.17, 15) is 9.59 Å². The van der Waals surface area contributed by atoms with Crippen molar-refractivity contribution in [1.29, 1.82) is 0 Å². The Bertz CT molecular complexity index is 229. The Morgan fingerprint density at radius 2 is 2.60 bits per heavy atom. The lowest BCUT2D eigenvalue weighted by atomic mass is 10.4. The first-order valence-electron chi connectivity index (χ1n) is 2.48. The highest BCUT2D eigenvalue weighted by Gasteiger charge is 2.05. The lowest BCUT2D eigenvalue weighted by molar-refractivity contribution is -0.123. The van der Waals surface area contributed by atoms with Crippen LogP contribution in [0, 0.1) is 0 Å². The van der Waals surface area contributed by atoms with Gasteiger partial charge in [0.05, 0.1) is 11.8 Å². The van der Waals surface area contributed by atoms with Gasteiger partial charge in [-0.05, 0) is 0 Å². The predicted molar refractivity (Wildman–Crippen MR) is 30.1 cm³/mol. The fraction of sp³-hybridized carbons (Fsp3) is 0. The van der Waals surface area contributed by atoms with Crippen LogP contribution < -0.4 is 0 Å². The molecular weight excluding hydrogens is 136 g/mol. The molecule has 1 N–H and O–H groups in total. The predicted octanol–water partition coefficient (Wildman–Crippen LogP) is -0.277. The molecule has 0 unspecified atom stereocenters. The Kier molecular flexibility index (Phi) is 1.79. The van der Waals surface area contributed by atoms with Gasteiger partial charge in [-0.3, -0.25) is 9.89 Å². The summed E-state index contributed by atoms with van der Waals surface area (Å²) in [7, 11) is 0. The van der Waals surface area contributed by atoms with E-state index in [0.717, 1.165) is 0 Å². The third-order valence-corrected chi connectivity index (χ3v) is 0.889. The molecule has 1 aromatic heterocycles. The Labute approximate surface area is 56.0 Å². The average molecular weight is 140 g/mol. The van der Waals surface area contributed by atoms with Crippen LogP contribution in [-0.2, 0) is 9.53 Å². The summed E-state index contributed by atoms with van der Waals surface area (Å²) in [5.41, 5.74) is 0.229. The summed E-state index contributed by atoms with van der Waals surface area (Å²) in [6.07, 6.45) is 2.61. The second kappa shape index (κ2) is 2.77. The van der Waals surface area contributed by atoms with Crippen LogP contribution in [0.1, 0.15) is 10.4 Å². The molecule has 5 nitrogen and oxygen atoms in total. The van der Waals surface area contributed by atoms with E-state index in [1.165, 1.54) is 12.4 Å². The first kappa shape index (κ1) is 6.47. The summed E-state index contributed by atoms with van der Waals surface area (Å²) < 4.78 is 4.01. The zero-order valence-electron chi connectivity index (χ0n) is 4.90. The smallest absolute Gasteiger partial charge is 0.348 e. The Balaban J connectivity index is 2.68. The fourth-order valence-electron chi connectivity index (χ4n) is 0.474. The number of aromatic amines is 1. The molecule has 0 aliphatic heterocycles. The number of hydrogen-bond acceptors (Lipinski definition) is 4. The van der Waals surface area contributed by atoms with Gasteiger partial charge >= 0.3 is 12.4 Å². The van der Waals surface area contributed by atoms with E-state index in [1.54, 1.807) is 0 Å². The number of nitrogens with one attached hydrogen (secondary N) is 1. The summed E-state index contributed by atoms with van der Waals surface area (Å²) >= 11 is 0. The molecule has 5 heteroatoms. The molecular formula is C5H4N2O3. The summed E-state index contributed by atoms with van der Waals surface area (Å²) in [6.45, 7) is 0.0787. The number of esters is 1. The fourth-order valence-corrected chi connectivity index (χ4v) is 0.474. The molecule has 1 aromatic rings. The zero-order chi connectivity index (χ0) is 7.40. The first-order valence-corrected chi connectivity index (χ1v) is 2.48. The van der Waals surface area contributed by atoms with Crippen LogP contribution in [0.2, 0.25) is 0 Å². The third kappa shape index (κ3) is 1.19. The van der Waals surface area contributed by atoms with Gasteiger partial charge in [-0.15, -0.1) is 0 Å². The van der Waals surface area contributed by atoms with Crippen LogP contribution in [0.25, 0.3) is 0 Å². The van der Waals surface area contributed by atoms with Gasteiger partial charge in [0.15, 0.2) is 0 Å². The molecule has 0 spiro atoms. The monoisotopic (exact) mass is 140 g/mol. The highest BCUT2D eigenvalue weighted by Crippen LogP contribution is 1.94. The van der Waals surface area contributed by atoms with Crippen molar-refractivity contribution in [3.8, 4) is 0 Å². The minimum atomic E-state index is -0.705. The van der Waals surface area contributed by atoms with Crippen molar-refractivity contribution < 1.29 is 14.3 Å². The highest BCUT2D eigenvalue weighted by molar-refractivity contribution is 5.92. The second-order valence-corrected chi connectivity index (χ2v) is 1.49. The molecule has 52 valence electrons. The number of ether oxygens (including phenoxy) is 1. The van der Waals surface area contributed by atoms with Crippen molar-refractivity contribution >= 4 is 12.4 Å². The number of H-pyrrole nitrogens is 1. The van der Waals surface area contributed by atoms with E-state index < -0.39 is 5.97 Å². The van der Waals surface area contributed by atoms with Gasteiger partial charge in [0, 0.05) is 6.20 Å². The molecule has 10 heavy (non-hydrogen) atoms. The summed E-state index contributed by atoms with van der Waals surface area (Å²) in [5.74, 6) is -0.705. The van der Waals surface area contributed by atoms with E-state index >= 15 is 0 Å². The minimum absolute atomic E-state index is 0.0787. The maximum absolute atomic E-state index is 10.6. The highest BCUT2D eigenvalue weighted by atomic mass is 16.6. The summed E-state index contributed by atoms with van der Waals surface area (Å²) in [6, 6.07) is 0. The molecule has 0 saturated carbocycles. The lowest BCUT2D eigenvalue weighted by Crippen LogP contribution is -2.01. The molecule has 0 aliphatic rings. The molecule has 0 aromatic carbocycles. The van der Waals surface area contributed by atoms with Crippen LogP contribution in [0.3, 0.4) is 0 Å². The SMILES string of the molecule is O=COC(=O)c1cn[nH]c1. The largest absolute Gasteiger partial charge is 0.392 e. The van der Waals surface area contributed by atoms with Gasteiger partial charge < -0.3 is 4.74 Å². The summed E-state index contributed by atoms with van der Waals surface area (Å²) in [5, 5.41) is 5.89. The van der Waals surface area contributed by atoms with Gasteiger partial charge in [-0.1, -0.05) is 0 Å². The van der Waals surface area contributed by atoms with Crippen molar-refractivity contribution in [2.24, 2.45) is 0 Å². The number of carbonyl (C=O) groups excluding carboxylic acids is 2. The van der Waals surface area contributed by atoms with Crippen molar-refractivity contribution in [2.45, 2.75) is 0 Å². The molecule has 1 rings (SSSR count). The molecule has 0 amide bonds. The maximum Gasteiger partial charge on any atom is 0.348 e. The van der Waals surface area contributed by atoms with Crippen LogP contribution in [0.5, 0.6) is 0 Å². The van der Waals surface area contributed by atoms with Crippen molar-refractivity contribution in [1.82, 2.24) is 10.2 Å². The minimum Gasteiger partial charge on any atom is -0.392 e. The Morgan fingerprint density at radius 1 is 1.80 bits per heavy atom. The number of rotatable bonds is 2. The second-order valence-electron chi connectivity index (χ2n) is 1.49. The molecule has 0 radical (unpaired) electrons. The Morgan fingerprint density at radius 3 is 3.10 bits per heavy atom. The zero-order valence-corrected chi connectivity index (χ0v) is 4.90. The molecule has 0 fully saturated rings. The molecule has 0 saturated heterocycles. The van der Waals surface area contributed by atoms with Crippen LogP contribution in [-0.4, -0.2) is 22.6 Å². The van der Waals surface area contributed by atoms with Crippen LogP contribution in [0.15, 0.2) is 12.4 Å². The van der Waals surface area contributed by atoms with Crippen molar-refractivity contribution in [3.05, 3.63) is 18.0 Å².